The van der Waals surface area contributed by atoms with Crippen LogP contribution in [0.3, 0.4) is 0 Å². The second-order valence-electron chi connectivity index (χ2n) is 5.11. The fraction of sp³-hybridized carbons (Fsp3) is 0.846. The van der Waals surface area contributed by atoms with Crippen molar-refractivity contribution < 1.29 is 14.3 Å². The largest absolute Gasteiger partial charge is 0.382 e. The zero-order chi connectivity index (χ0) is 13.9. The molecule has 108 valence electrons. The summed E-state index contributed by atoms with van der Waals surface area (Å²) >= 11 is 1.72. The first kappa shape index (κ1) is 14.7. The molecular formula is C13H22N2O3S. The lowest BCUT2D eigenvalue weighted by atomic mass is 10.2. The summed E-state index contributed by atoms with van der Waals surface area (Å²) in [4.78, 5) is 25.7. The molecule has 0 bridgehead atoms. The molecule has 2 atom stereocenters. The van der Waals surface area contributed by atoms with Gasteiger partial charge in [0.1, 0.15) is 6.04 Å². The minimum Gasteiger partial charge on any atom is -0.382 e. The number of amides is 2. The summed E-state index contributed by atoms with van der Waals surface area (Å²) in [5.41, 5.74) is 0. The molecule has 2 saturated heterocycles. The van der Waals surface area contributed by atoms with Crippen molar-refractivity contribution >= 4 is 23.6 Å². The Labute approximate surface area is 118 Å². The first-order valence-corrected chi connectivity index (χ1v) is 7.88. The topological polar surface area (TPSA) is 58.6 Å². The molecule has 0 aromatic heterocycles. The van der Waals surface area contributed by atoms with Gasteiger partial charge >= 0.3 is 0 Å². The lowest BCUT2D eigenvalue weighted by molar-refractivity contribution is -0.137. The summed E-state index contributed by atoms with van der Waals surface area (Å²) in [7, 11) is 0. The van der Waals surface area contributed by atoms with Gasteiger partial charge in [0.2, 0.25) is 11.8 Å². The predicted molar refractivity (Wildman–Crippen MR) is 74.9 cm³/mol. The molecular weight excluding hydrogens is 264 g/mol. The molecule has 1 N–H and O–H groups in total. The van der Waals surface area contributed by atoms with Gasteiger partial charge in [-0.15, -0.1) is 11.8 Å². The van der Waals surface area contributed by atoms with Gasteiger partial charge in [0, 0.05) is 31.9 Å². The molecule has 2 aliphatic heterocycles. The Morgan fingerprint density at radius 1 is 1.63 bits per heavy atom. The van der Waals surface area contributed by atoms with Gasteiger partial charge < -0.3 is 15.0 Å². The van der Waals surface area contributed by atoms with Crippen molar-refractivity contribution in [1.29, 1.82) is 0 Å². The molecule has 2 aliphatic rings. The van der Waals surface area contributed by atoms with Gasteiger partial charge in [-0.05, 0) is 26.7 Å². The Morgan fingerprint density at radius 3 is 3.16 bits per heavy atom. The highest BCUT2D eigenvalue weighted by atomic mass is 32.2. The van der Waals surface area contributed by atoms with Crippen molar-refractivity contribution in [3.05, 3.63) is 0 Å². The summed E-state index contributed by atoms with van der Waals surface area (Å²) in [6.45, 7) is 5.99. The Hall–Kier alpha value is -0.750. The maximum absolute atomic E-state index is 12.1. The number of hydrogen-bond acceptors (Lipinski definition) is 4. The molecule has 2 heterocycles. The van der Waals surface area contributed by atoms with Crippen LogP contribution in [0, 0.1) is 0 Å². The van der Waals surface area contributed by atoms with Crippen LogP contribution in [0.15, 0.2) is 0 Å². The van der Waals surface area contributed by atoms with Crippen LogP contribution < -0.4 is 5.32 Å². The Balaban J connectivity index is 1.81. The number of nitrogens with zero attached hydrogens (tertiary/aromatic N) is 1. The number of hydrogen-bond donors (Lipinski definition) is 1. The average Bonchev–Trinajstić information content (AvgIpc) is 2.87. The highest BCUT2D eigenvalue weighted by Crippen LogP contribution is 2.47. The summed E-state index contributed by atoms with van der Waals surface area (Å²) in [6.07, 6.45) is 2.23. The van der Waals surface area contributed by atoms with Crippen molar-refractivity contribution in [2.45, 2.75) is 44.0 Å². The van der Waals surface area contributed by atoms with Crippen LogP contribution in [-0.4, -0.2) is 53.1 Å². The van der Waals surface area contributed by atoms with Crippen LogP contribution in [0.25, 0.3) is 0 Å². The van der Waals surface area contributed by atoms with Crippen LogP contribution in [0.5, 0.6) is 0 Å². The van der Waals surface area contributed by atoms with Crippen molar-refractivity contribution in [1.82, 2.24) is 10.2 Å². The Kier molecular flexibility index (Phi) is 4.73. The number of nitrogens with one attached hydrogen (secondary N) is 1. The lowest BCUT2D eigenvalue weighted by Crippen LogP contribution is -2.50. The molecule has 0 spiro atoms. The lowest BCUT2D eigenvalue weighted by Gasteiger charge is -2.29. The van der Waals surface area contributed by atoms with Gasteiger partial charge in [0.15, 0.2) is 0 Å². The SMILES string of the molecule is CCOCCCNC(=O)[C@@H]1CS[C@@]2(C)CCC(=O)N12. The van der Waals surface area contributed by atoms with Crippen molar-refractivity contribution in [2.75, 3.05) is 25.5 Å². The van der Waals surface area contributed by atoms with E-state index in [2.05, 4.69) is 12.2 Å². The van der Waals surface area contributed by atoms with E-state index >= 15 is 0 Å². The molecule has 5 nitrogen and oxygen atoms in total. The summed E-state index contributed by atoms with van der Waals surface area (Å²) in [6, 6.07) is -0.294. The zero-order valence-electron chi connectivity index (χ0n) is 11.6. The molecule has 6 heteroatoms. The van der Waals surface area contributed by atoms with Gasteiger partial charge in [0.25, 0.3) is 0 Å². The van der Waals surface area contributed by atoms with Crippen molar-refractivity contribution in [2.24, 2.45) is 0 Å². The van der Waals surface area contributed by atoms with E-state index in [9.17, 15) is 9.59 Å². The molecule has 0 radical (unpaired) electrons. The normalized spacial score (nSPS) is 29.7. The monoisotopic (exact) mass is 286 g/mol. The van der Waals surface area contributed by atoms with Crippen LogP contribution >= 0.6 is 11.8 Å². The second-order valence-corrected chi connectivity index (χ2v) is 6.61. The number of thioether (sulfide) groups is 1. The maximum Gasteiger partial charge on any atom is 0.243 e. The summed E-state index contributed by atoms with van der Waals surface area (Å²) < 4.78 is 5.22. The fourth-order valence-corrected chi connectivity index (χ4v) is 4.09. The first-order valence-electron chi connectivity index (χ1n) is 6.90. The number of carbonyl (C=O) groups excluding carboxylic acids is 2. The third kappa shape index (κ3) is 3.05. The second kappa shape index (κ2) is 6.13. The van der Waals surface area contributed by atoms with Crippen LogP contribution in [0.2, 0.25) is 0 Å². The fourth-order valence-electron chi connectivity index (χ4n) is 2.66. The van der Waals surface area contributed by atoms with E-state index in [-0.39, 0.29) is 22.7 Å². The highest BCUT2D eigenvalue weighted by Gasteiger charge is 2.52. The number of fused-ring (bicyclic) bond motifs is 1. The summed E-state index contributed by atoms with van der Waals surface area (Å²) in [5, 5.41) is 2.91. The number of rotatable bonds is 6. The molecule has 2 amide bonds. The third-order valence-electron chi connectivity index (χ3n) is 3.72. The van der Waals surface area contributed by atoms with Gasteiger partial charge in [-0.25, -0.2) is 0 Å². The van der Waals surface area contributed by atoms with E-state index in [1.54, 1.807) is 16.7 Å². The molecule has 0 aromatic carbocycles. The van der Waals surface area contributed by atoms with E-state index < -0.39 is 0 Å². The van der Waals surface area contributed by atoms with Gasteiger partial charge in [-0.1, -0.05) is 0 Å². The van der Waals surface area contributed by atoms with Crippen LogP contribution in [0.1, 0.15) is 33.1 Å². The Morgan fingerprint density at radius 2 is 2.42 bits per heavy atom. The van der Waals surface area contributed by atoms with Gasteiger partial charge in [0.05, 0.1) is 4.87 Å². The molecule has 0 aromatic rings. The van der Waals surface area contributed by atoms with Gasteiger partial charge in [-0.2, -0.15) is 0 Å². The number of ether oxygens (including phenoxy) is 1. The van der Waals surface area contributed by atoms with Crippen LogP contribution in [0.4, 0.5) is 0 Å². The quantitative estimate of drug-likeness (QED) is 0.740. The molecule has 0 unspecified atom stereocenters. The highest BCUT2D eigenvalue weighted by molar-refractivity contribution is 8.01. The zero-order valence-corrected chi connectivity index (χ0v) is 12.4. The van der Waals surface area contributed by atoms with Gasteiger partial charge in [-0.3, -0.25) is 9.59 Å². The smallest absolute Gasteiger partial charge is 0.243 e. The average molecular weight is 286 g/mol. The standard InChI is InChI=1S/C13H22N2O3S/c1-3-18-8-4-7-14-12(17)10-9-19-13(2)6-5-11(16)15(10)13/h10H,3-9H2,1-2H3,(H,14,17)/t10-,13-/m0/s1. The predicted octanol–water partition coefficient (Wildman–Crippen LogP) is 0.983. The van der Waals surface area contributed by atoms with E-state index in [0.717, 1.165) is 12.8 Å². The molecule has 0 aliphatic carbocycles. The van der Waals surface area contributed by atoms with E-state index in [0.29, 0.717) is 31.9 Å². The van der Waals surface area contributed by atoms with Crippen molar-refractivity contribution in [3.8, 4) is 0 Å². The molecule has 0 saturated carbocycles. The minimum absolute atomic E-state index is 0.0250. The van der Waals surface area contributed by atoms with E-state index in [1.165, 1.54) is 0 Å². The van der Waals surface area contributed by atoms with Crippen LogP contribution in [-0.2, 0) is 14.3 Å². The molecule has 2 fully saturated rings. The summed E-state index contributed by atoms with van der Waals surface area (Å²) in [5.74, 6) is 0.796. The first-order chi connectivity index (χ1) is 9.08. The Bertz CT molecular complexity index is 364. The van der Waals surface area contributed by atoms with E-state index in [1.807, 2.05) is 6.92 Å². The molecule has 19 heavy (non-hydrogen) atoms. The molecule has 2 rings (SSSR count). The maximum atomic E-state index is 12.1. The third-order valence-corrected chi connectivity index (χ3v) is 5.22. The minimum atomic E-state index is -0.294. The number of carbonyl (C=O) groups is 2. The van der Waals surface area contributed by atoms with Crippen molar-refractivity contribution in [3.63, 3.8) is 0 Å². The van der Waals surface area contributed by atoms with E-state index in [4.69, 9.17) is 4.74 Å².